The molecule has 0 atom stereocenters. The van der Waals surface area contributed by atoms with Gasteiger partial charge in [-0.25, -0.2) is 0 Å². The largest absolute Gasteiger partial charge is 0.371 e. The minimum atomic E-state index is -0.0217. The number of carbonyl (C=O) groups excluding carboxylic acids is 1. The minimum absolute atomic E-state index is 0.0217. The molecule has 26 heavy (non-hydrogen) atoms. The Bertz CT molecular complexity index is 656. The van der Waals surface area contributed by atoms with E-state index in [4.69, 9.17) is 0 Å². The van der Waals surface area contributed by atoms with E-state index in [1.165, 1.54) is 43.4 Å². The Kier molecular flexibility index (Phi) is 4.02. The summed E-state index contributed by atoms with van der Waals surface area (Å²) in [4.78, 5) is 18.1. The van der Waals surface area contributed by atoms with Crippen LogP contribution in [0.5, 0.6) is 0 Å². The van der Waals surface area contributed by atoms with Crippen LogP contribution in [-0.2, 0) is 11.3 Å². The van der Waals surface area contributed by atoms with Crippen molar-refractivity contribution in [2.45, 2.75) is 57.9 Å². The number of carbonyl (C=O) groups is 1. The van der Waals surface area contributed by atoms with Crippen molar-refractivity contribution in [2.24, 2.45) is 23.2 Å². The summed E-state index contributed by atoms with van der Waals surface area (Å²) in [6.07, 6.45) is 10.3. The fourth-order valence-electron chi connectivity index (χ4n) is 7.02. The first kappa shape index (κ1) is 16.6. The quantitative estimate of drug-likeness (QED) is 0.799. The standard InChI is InChI=1S/C23H32N2O/c1-24(16-20-6-2-3-7-21(20)25-8-4-5-9-25)22(26)23-13-17-10-18(14-23)12-19(11-17)15-23/h2-3,6-7,17-19H,4-5,8-16H2,1H3. The Hall–Kier alpha value is -1.51. The smallest absolute Gasteiger partial charge is 0.228 e. The van der Waals surface area contributed by atoms with E-state index >= 15 is 0 Å². The molecule has 3 heteroatoms. The summed E-state index contributed by atoms with van der Waals surface area (Å²) in [7, 11) is 2.04. The minimum Gasteiger partial charge on any atom is -0.371 e. The van der Waals surface area contributed by atoms with Crippen molar-refractivity contribution >= 4 is 11.6 Å². The monoisotopic (exact) mass is 352 g/mol. The summed E-state index contributed by atoms with van der Waals surface area (Å²) < 4.78 is 0. The van der Waals surface area contributed by atoms with E-state index in [2.05, 4.69) is 34.1 Å². The molecule has 4 saturated carbocycles. The highest BCUT2D eigenvalue weighted by atomic mass is 16.2. The number of nitrogens with zero attached hydrogens (tertiary/aromatic N) is 2. The molecule has 0 aromatic heterocycles. The maximum atomic E-state index is 13.5. The normalized spacial score (nSPS) is 35.1. The van der Waals surface area contributed by atoms with Crippen molar-refractivity contribution in [1.29, 1.82) is 0 Å². The average molecular weight is 353 g/mol. The van der Waals surface area contributed by atoms with Gasteiger partial charge in [-0.3, -0.25) is 4.79 Å². The van der Waals surface area contributed by atoms with E-state index in [1.807, 2.05) is 7.05 Å². The van der Waals surface area contributed by atoms with E-state index in [-0.39, 0.29) is 5.41 Å². The summed E-state index contributed by atoms with van der Waals surface area (Å²) in [5, 5.41) is 0. The summed E-state index contributed by atoms with van der Waals surface area (Å²) in [6, 6.07) is 8.72. The first-order valence-electron chi connectivity index (χ1n) is 10.7. The van der Waals surface area contributed by atoms with Crippen LogP contribution in [0.4, 0.5) is 5.69 Å². The molecule has 0 radical (unpaired) electrons. The lowest BCUT2D eigenvalue weighted by Crippen LogP contribution is -2.53. The molecule has 0 spiro atoms. The average Bonchev–Trinajstić information content (AvgIpc) is 3.15. The maximum Gasteiger partial charge on any atom is 0.228 e. The second kappa shape index (κ2) is 6.28. The lowest BCUT2D eigenvalue weighted by atomic mass is 9.49. The Morgan fingerprint density at radius 2 is 1.62 bits per heavy atom. The molecule has 3 nitrogen and oxygen atoms in total. The lowest BCUT2D eigenvalue weighted by Gasteiger charge is -2.56. The van der Waals surface area contributed by atoms with Crippen LogP contribution in [0.3, 0.4) is 0 Å². The number of hydrogen-bond acceptors (Lipinski definition) is 2. The van der Waals surface area contributed by atoms with Gasteiger partial charge in [0.1, 0.15) is 0 Å². The van der Waals surface area contributed by atoms with Crippen LogP contribution in [0, 0.1) is 23.2 Å². The molecule has 1 heterocycles. The predicted molar refractivity (Wildman–Crippen MR) is 105 cm³/mol. The molecule has 5 fully saturated rings. The van der Waals surface area contributed by atoms with Crippen LogP contribution in [0.2, 0.25) is 0 Å². The zero-order valence-electron chi connectivity index (χ0n) is 16.1. The highest BCUT2D eigenvalue weighted by Gasteiger charge is 2.55. The van der Waals surface area contributed by atoms with Crippen LogP contribution in [-0.4, -0.2) is 30.9 Å². The Morgan fingerprint density at radius 3 is 2.23 bits per heavy atom. The molecule has 1 aromatic carbocycles. The van der Waals surface area contributed by atoms with Crippen LogP contribution in [0.15, 0.2) is 24.3 Å². The third-order valence-corrected chi connectivity index (χ3v) is 7.68. The van der Waals surface area contributed by atoms with Gasteiger partial charge in [0.15, 0.2) is 0 Å². The number of benzene rings is 1. The maximum absolute atomic E-state index is 13.5. The molecule has 5 aliphatic rings. The molecule has 4 aliphatic carbocycles. The Morgan fingerprint density at radius 1 is 1.04 bits per heavy atom. The molecule has 1 saturated heterocycles. The van der Waals surface area contributed by atoms with Crippen LogP contribution in [0.25, 0.3) is 0 Å². The SMILES string of the molecule is CN(Cc1ccccc1N1CCCC1)C(=O)C12CC3CC(CC(C3)C1)C2. The lowest BCUT2D eigenvalue weighted by molar-refractivity contribution is -0.156. The summed E-state index contributed by atoms with van der Waals surface area (Å²) in [5.74, 6) is 2.93. The predicted octanol–water partition coefficient (Wildman–Crippen LogP) is 4.46. The van der Waals surface area contributed by atoms with E-state index in [0.29, 0.717) is 5.91 Å². The van der Waals surface area contributed by atoms with Gasteiger partial charge in [-0.05, 0) is 80.8 Å². The Labute approximate surface area is 157 Å². The van der Waals surface area contributed by atoms with E-state index in [9.17, 15) is 4.79 Å². The zero-order chi connectivity index (χ0) is 17.7. The number of rotatable bonds is 4. The van der Waals surface area contributed by atoms with Crippen molar-refractivity contribution in [3.05, 3.63) is 29.8 Å². The molecule has 1 amide bonds. The number of anilines is 1. The third-order valence-electron chi connectivity index (χ3n) is 7.68. The fraction of sp³-hybridized carbons (Fsp3) is 0.696. The number of hydrogen-bond donors (Lipinski definition) is 0. The molecule has 1 aromatic rings. The van der Waals surface area contributed by atoms with Gasteiger partial charge < -0.3 is 9.80 Å². The molecule has 4 bridgehead atoms. The van der Waals surface area contributed by atoms with E-state index in [0.717, 1.165) is 56.7 Å². The van der Waals surface area contributed by atoms with E-state index in [1.54, 1.807) is 0 Å². The van der Waals surface area contributed by atoms with Gasteiger partial charge in [0.05, 0.1) is 5.41 Å². The van der Waals surface area contributed by atoms with Crippen molar-refractivity contribution < 1.29 is 4.79 Å². The van der Waals surface area contributed by atoms with Crippen LogP contribution >= 0.6 is 0 Å². The number of amides is 1. The molecule has 1 aliphatic heterocycles. The van der Waals surface area contributed by atoms with Crippen molar-refractivity contribution in [2.75, 3.05) is 25.0 Å². The molecular weight excluding hydrogens is 320 g/mol. The Balaban J connectivity index is 1.35. The van der Waals surface area contributed by atoms with Crippen molar-refractivity contribution in [1.82, 2.24) is 4.90 Å². The highest BCUT2D eigenvalue weighted by Crippen LogP contribution is 2.60. The van der Waals surface area contributed by atoms with Crippen molar-refractivity contribution in [3.8, 4) is 0 Å². The van der Waals surface area contributed by atoms with Crippen molar-refractivity contribution in [3.63, 3.8) is 0 Å². The van der Waals surface area contributed by atoms with Crippen LogP contribution < -0.4 is 4.90 Å². The fourth-order valence-corrected chi connectivity index (χ4v) is 7.02. The third kappa shape index (κ3) is 2.75. The van der Waals surface area contributed by atoms with Gasteiger partial charge in [0.2, 0.25) is 5.91 Å². The van der Waals surface area contributed by atoms with Gasteiger partial charge in [-0.15, -0.1) is 0 Å². The molecule has 0 unspecified atom stereocenters. The molecule has 0 N–H and O–H groups in total. The molecular formula is C23H32N2O. The van der Waals surface area contributed by atoms with Gasteiger partial charge in [0, 0.05) is 32.4 Å². The van der Waals surface area contributed by atoms with Crippen LogP contribution in [0.1, 0.15) is 56.9 Å². The van der Waals surface area contributed by atoms with Gasteiger partial charge in [0.25, 0.3) is 0 Å². The second-order valence-electron chi connectivity index (χ2n) is 9.68. The second-order valence-corrected chi connectivity index (χ2v) is 9.68. The topological polar surface area (TPSA) is 23.6 Å². The number of para-hydroxylation sites is 1. The van der Waals surface area contributed by atoms with E-state index < -0.39 is 0 Å². The van der Waals surface area contributed by atoms with Gasteiger partial charge in [-0.2, -0.15) is 0 Å². The first-order valence-corrected chi connectivity index (χ1v) is 10.7. The molecule has 6 rings (SSSR count). The summed E-state index contributed by atoms with van der Waals surface area (Å²) >= 11 is 0. The summed E-state index contributed by atoms with van der Waals surface area (Å²) in [5.41, 5.74) is 2.64. The highest BCUT2D eigenvalue weighted by molar-refractivity contribution is 5.83. The zero-order valence-corrected chi connectivity index (χ0v) is 16.1. The summed E-state index contributed by atoms with van der Waals surface area (Å²) in [6.45, 7) is 3.07. The molecule has 140 valence electrons. The van der Waals surface area contributed by atoms with Gasteiger partial charge in [-0.1, -0.05) is 18.2 Å². The van der Waals surface area contributed by atoms with Gasteiger partial charge >= 0.3 is 0 Å². The first-order chi connectivity index (χ1) is 12.6.